The minimum absolute atomic E-state index is 0.0797. The standard InChI is InChI=1S/C24H32ClN5O5/c1-29-11-18(27-15-29)8-9-26-23(32)10-20-6-7-21-22(35-20)14-34-13-19(31)12-30(21)24(33)28-17-4-2-16(25)3-5-17/h2-5,11,15,19-22,31H,6-10,12-14H2,1H3,(H,26,32)(H,28,33)/t19-,20+,21+,22-/m0/s1. The molecule has 0 bridgehead atoms. The molecule has 4 rings (SSSR count). The number of β-amino-alcohol motifs (C(OH)–C–C–N with tert-alkyl or cyclic N) is 1. The van der Waals surface area contributed by atoms with Gasteiger partial charge < -0.3 is 34.7 Å². The van der Waals surface area contributed by atoms with Gasteiger partial charge in [0.05, 0.1) is 56.5 Å². The number of aryl methyl sites for hydroxylation is 1. The molecule has 3 amide bonds. The van der Waals surface area contributed by atoms with Crippen LogP contribution in [-0.4, -0.2) is 82.2 Å². The number of carbonyl (C=O) groups is 2. The average Bonchev–Trinajstić information content (AvgIpc) is 3.23. The van der Waals surface area contributed by atoms with Gasteiger partial charge in [-0.25, -0.2) is 9.78 Å². The first kappa shape index (κ1) is 25.4. The Labute approximate surface area is 209 Å². The van der Waals surface area contributed by atoms with Crippen molar-refractivity contribution in [1.82, 2.24) is 19.8 Å². The number of fused-ring (bicyclic) bond motifs is 1. The Kier molecular flexibility index (Phi) is 8.61. The van der Waals surface area contributed by atoms with Crippen molar-refractivity contribution in [1.29, 1.82) is 0 Å². The second kappa shape index (κ2) is 11.9. The second-order valence-electron chi connectivity index (χ2n) is 9.06. The molecule has 4 atom stereocenters. The third kappa shape index (κ3) is 7.17. The van der Waals surface area contributed by atoms with Crippen LogP contribution in [-0.2, 0) is 27.7 Å². The molecule has 0 spiro atoms. The number of hydrogen-bond donors (Lipinski definition) is 3. The number of urea groups is 1. The maximum atomic E-state index is 13.1. The molecule has 2 fully saturated rings. The Balaban J connectivity index is 1.32. The molecule has 1 aromatic carbocycles. The van der Waals surface area contributed by atoms with Crippen LogP contribution in [0.4, 0.5) is 10.5 Å². The highest BCUT2D eigenvalue weighted by molar-refractivity contribution is 6.30. The minimum atomic E-state index is -0.797. The van der Waals surface area contributed by atoms with Gasteiger partial charge in [0.1, 0.15) is 6.10 Å². The molecule has 3 N–H and O–H groups in total. The monoisotopic (exact) mass is 505 g/mol. The summed E-state index contributed by atoms with van der Waals surface area (Å²) < 4.78 is 13.7. The van der Waals surface area contributed by atoms with Crippen LogP contribution in [0.5, 0.6) is 0 Å². The summed E-state index contributed by atoms with van der Waals surface area (Å²) in [6.45, 7) is 0.983. The normalized spacial score (nSPS) is 24.7. The number of benzene rings is 1. The number of aliphatic hydroxyl groups is 1. The van der Waals surface area contributed by atoms with Crippen molar-refractivity contribution in [3.05, 3.63) is 47.5 Å². The number of amides is 3. The number of aliphatic hydroxyl groups excluding tert-OH is 1. The van der Waals surface area contributed by atoms with Crippen molar-refractivity contribution in [3.8, 4) is 0 Å². The highest BCUT2D eigenvalue weighted by Gasteiger charge is 2.40. The molecule has 10 nitrogen and oxygen atoms in total. The predicted molar refractivity (Wildman–Crippen MR) is 130 cm³/mol. The maximum absolute atomic E-state index is 13.1. The van der Waals surface area contributed by atoms with E-state index in [0.29, 0.717) is 36.5 Å². The Morgan fingerprint density at radius 2 is 2.03 bits per heavy atom. The molecule has 35 heavy (non-hydrogen) atoms. The van der Waals surface area contributed by atoms with Crippen LogP contribution >= 0.6 is 11.6 Å². The zero-order valence-corrected chi connectivity index (χ0v) is 20.5. The molecule has 2 aliphatic rings. The number of ether oxygens (including phenoxy) is 2. The summed E-state index contributed by atoms with van der Waals surface area (Å²) >= 11 is 5.93. The van der Waals surface area contributed by atoms with E-state index < -0.39 is 12.2 Å². The minimum Gasteiger partial charge on any atom is -0.389 e. The highest BCUT2D eigenvalue weighted by atomic mass is 35.5. The van der Waals surface area contributed by atoms with Gasteiger partial charge in [-0.05, 0) is 37.1 Å². The Bertz CT molecular complexity index is 1000. The third-order valence-corrected chi connectivity index (χ3v) is 6.46. The van der Waals surface area contributed by atoms with Gasteiger partial charge in [-0.15, -0.1) is 0 Å². The number of rotatable bonds is 6. The highest BCUT2D eigenvalue weighted by Crippen LogP contribution is 2.28. The molecule has 11 heteroatoms. The van der Waals surface area contributed by atoms with E-state index in [9.17, 15) is 14.7 Å². The lowest BCUT2D eigenvalue weighted by Gasteiger charge is -2.44. The maximum Gasteiger partial charge on any atom is 0.322 e. The van der Waals surface area contributed by atoms with E-state index in [-0.39, 0.29) is 50.3 Å². The lowest BCUT2D eigenvalue weighted by Crippen LogP contribution is -2.58. The smallest absolute Gasteiger partial charge is 0.322 e. The zero-order chi connectivity index (χ0) is 24.8. The average molecular weight is 506 g/mol. The van der Waals surface area contributed by atoms with Crippen LogP contribution < -0.4 is 10.6 Å². The molecule has 1 aromatic heterocycles. The van der Waals surface area contributed by atoms with Crippen molar-refractivity contribution in [2.24, 2.45) is 7.05 Å². The second-order valence-corrected chi connectivity index (χ2v) is 9.49. The van der Waals surface area contributed by atoms with Crippen molar-refractivity contribution < 1.29 is 24.2 Å². The molecule has 0 unspecified atom stereocenters. The number of nitrogens with zero attached hydrogens (tertiary/aromatic N) is 3. The van der Waals surface area contributed by atoms with Crippen LogP contribution in [0.25, 0.3) is 0 Å². The number of carbonyl (C=O) groups excluding carboxylic acids is 2. The molecule has 190 valence electrons. The largest absolute Gasteiger partial charge is 0.389 e. The Morgan fingerprint density at radius 3 is 2.77 bits per heavy atom. The van der Waals surface area contributed by atoms with E-state index in [2.05, 4.69) is 15.6 Å². The topological polar surface area (TPSA) is 118 Å². The fourth-order valence-corrected chi connectivity index (χ4v) is 4.63. The van der Waals surface area contributed by atoms with E-state index in [1.807, 2.05) is 17.8 Å². The van der Waals surface area contributed by atoms with Crippen LogP contribution in [0, 0.1) is 0 Å². The summed E-state index contributed by atoms with van der Waals surface area (Å²) in [5, 5.41) is 16.7. The summed E-state index contributed by atoms with van der Waals surface area (Å²) in [4.78, 5) is 31.5. The first-order valence-corrected chi connectivity index (χ1v) is 12.2. The van der Waals surface area contributed by atoms with Gasteiger partial charge in [0.2, 0.25) is 5.91 Å². The van der Waals surface area contributed by atoms with Gasteiger partial charge in [0.15, 0.2) is 0 Å². The lowest BCUT2D eigenvalue weighted by atomic mass is 9.95. The number of aromatic nitrogens is 2. The molecule has 2 saturated heterocycles. The van der Waals surface area contributed by atoms with Gasteiger partial charge in [-0.3, -0.25) is 4.79 Å². The number of halogens is 1. The fourth-order valence-electron chi connectivity index (χ4n) is 4.51. The summed E-state index contributed by atoms with van der Waals surface area (Å²) in [6, 6.07) is 6.25. The first-order valence-electron chi connectivity index (χ1n) is 11.9. The van der Waals surface area contributed by atoms with E-state index >= 15 is 0 Å². The molecule has 0 saturated carbocycles. The van der Waals surface area contributed by atoms with E-state index in [4.69, 9.17) is 21.1 Å². The molecule has 3 heterocycles. The lowest BCUT2D eigenvalue weighted by molar-refractivity contribution is -0.149. The SMILES string of the molecule is Cn1cnc(CCNC(=O)C[C@H]2CC[C@@H]3[C@H](COC[C@@H](O)CN3C(=O)Nc3ccc(Cl)cc3)O2)c1. The van der Waals surface area contributed by atoms with Crippen molar-refractivity contribution >= 4 is 29.2 Å². The van der Waals surface area contributed by atoms with Crippen molar-refractivity contribution in [2.45, 2.75) is 50.0 Å². The number of hydrogen-bond acceptors (Lipinski definition) is 6. The molecule has 2 aromatic rings. The molecule has 0 radical (unpaired) electrons. The Morgan fingerprint density at radius 1 is 1.23 bits per heavy atom. The number of nitrogens with one attached hydrogen (secondary N) is 2. The summed E-state index contributed by atoms with van der Waals surface area (Å²) in [6.07, 6.45) is 4.38. The van der Waals surface area contributed by atoms with Crippen molar-refractivity contribution in [2.75, 3.05) is 31.6 Å². The predicted octanol–water partition coefficient (Wildman–Crippen LogP) is 1.96. The van der Waals surface area contributed by atoms with Crippen LogP contribution in [0.1, 0.15) is 25.0 Å². The number of imidazole rings is 1. The Hall–Kier alpha value is -2.66. The summed E-state index contributed by atoms with van der Waals surface area (Å²) in [7, 11) is 1.91. The van der Waals surface area contributed by atoms with Crippen LogP contribution in [0.3, 0.4) is 0 Å². The molecular weight excluding hydrogens is 474 g/mol. The zero-order valence-electron chi connectivity index (χ0n) is 19.7. The summed E-state index contributed by atoms with van der Waals surface area (Å²) in [5.41, 5.74) is 1.54. The molecular formula is C24H32ClN5O5. The third-order valence-electron chi connectivity index (χ3n) is 6.21. The van der Waals surface area contributed by atoms with Crippen LogP contribution in [0.15, 0.2) is 36.8 Å². The summed E-state index contributed by atoms with van der Waals surface area (Å²) in [5.74, 6) is -0.0797. The number of anilines is 1. The quantitative estimate of drug-likeness (QED) is 0.552. The van der Waals surface area contributed by atoms with Gasteiger partial charge in [0, 0.05) is 36.9 Å². The van der Waals surface area contributed by atoms with Crippen LogP contribution in [0.2, 0.25) is 5.02 Å². The van der Waals surface area contributed by atoms with Gasteiger partial charge in [0.25, 0.3) is 0 Å². The van der Waals surface area contributed by atoms with Gasteiger partial charge >= 0.3 is 6.03 Å². The van der Waals surface area contributed by atoms with E-state index in [1.54, 1.807) is 35.5 Å². The molecule has 0 aliphatic carbocycles. The molecule has 2 aliphatic heterocycles. The van der Waals surface area contributed by atoms with Gasteiger partial charge in [-0.1, -0.05) is 11.6 Å². The van der Waals surface area contributed by atoms with Crippen molar-refractivity contribution in [3.63, 3.8) is 0 Å². The fraction of sp³-hybridized carbons (Fsp3) is 0.542. The van der Waals surface area contributed by atoms with Gasteiger partial charge in [-0.2, -0.15) is 0 Å². The first-order chi connectivity index (χ1) is 16.9. The van der Waals surface area contributed by atoms with E-state index in [1.165, 1.54) is 0 Å². The van der Waals surface area contributed by atoms with E-state index in [0.717, 1.165) is 5.69 Å².